The highest BCUT2D eigenvalue weighted by Gasteiger charge is 2.27. The summed E-state index contributed by atoms with van der Waals surface area (Å²) in [6.45, 7) is 4.01. The van der Waals surface area contributed by atoms with Crippen molar-refractivity contribution >= 4 is 29.5 Å². The van der Waals surface area contributed by atoms with E-state index in [4.69, 9.17) is 0 Å². The molecule has 2 N–H and O–H groups in total. The summed E-state index contributed by atoms with van der Waals surface area (Å²) in [4.78, 5) is 33.6. The Hall–Kier alpha value is -1.04. The van der Waals surface area contributed by atoms with Crippen molar-refractivity contribution in [3.05, 3.63) is 0 Å². The van der Waals surface area contributed by atoms with E-state index in [0.29, 0.717) is 17.4 Å². The lowest BCUT2D eigenvalue weighted by molar-refractivity contribution is -0.136. The highest BCUT2D eigenvalue weighted by atomic mass is 32.2. The maximum absolute atomic E-state index is 11.4. The fourth-order valence-electron chi connectivity index (χ4n) is 1.31. The molecule has 0 saturated carbocycles. The van der Waals surface area contributed by atoms with Crippen LogP contribution in [0.25, 0.3) is 0 Å². The average molecular weight is 244 g/mol. The average Bonchev–Trinajstić information content (AvgIpc) is 2.19. The third kappa shape index (κ3) is 4.22. The lowest BCUT2D eigenvalue weighted by atomic mass is 10.1. The summed E-state index contributed by atoms with van der Waals surface area (Å²) in [5.74, 6) is -0.491. The Morgan fingerprint density at radius 2 is 2.25 bits per heavy atom. The number of hydrogen-bond acceptors (Lipinski definition) is 4. The van der Waals surface area contributed by atoms with E-state index in [2.05, 4.69) is 10.6 Å². The minimum absolute atomic E-state index is 0.159. The second kappa shape index (κ2) is 5.89. The second-order valence-corrected chi connectivity index (χ2v) is 5.50. The number of amides is 3. The summed E-state index contributed by atoms with van der Waals surface area (Å²) in [6.07, 6.45) is 0.677. The van der Waals surface area contributed by atoms with Gasteiger partial charge in [0, 0.05) is 6.42 Å². The lowest BCUT2D eigenvalue weighted by Crippen LogP contribution is -2.52. The van der Waals surface area contributed by atoms with E-state index in [1.165, 1.54) is 11.8 Å². The van der Waals surface area contributed by atoms with Crippen LogP contribution < -0.4 is 10.6 Å². The minimum Gasteiger partial charge on any atom is -0.344 e. The first kappa shape index (κ1) is 13.0. The van der Waals surface area contributed by atoms with Crippen LogP contribution in [0.3, 0.4) is 0 Å². The predicted molar refractivity (Wildman–Crippen MR) is 61.9 cm³/mol. The Bertz CT molecular complexity index is 304. The summed E-state index contributed by atoms with van der Waals surface area (Å²) in [5, 5.41) is 5.20. The number of carbonyl (C=O) groups excluding carboxylic acids is 3. The maximum Gasteiger partial charge on any atom is 0.249 e. The molecule has 16 heavy (non-hydrogen) atoms. The van der Waals surface area contributed by atoms with Crippen molar-refractivity contribution in [3.63, 3.8) is 0 Å². The molecule has 0 radical (unpaired) electrons. The number of hydrogen-bond donors (Lipinski definition) is 2. The summed E-state index contributed by atoms with van der Waals surface area (Å²) in [6, 6.07) is -0.557. The maximum atomic E-state index is 11.4. The standard InChI is InChI=1S/C10H16N2O3S/c1-6(2)16-5-9(14)11-7-3-4-8(13)12-10(7)15/h6-7H,3-5H2,1-2H3,(H,11,14)(H,12,13,15). The molecule has 1 fully saturated rings. The van der Waals surface area contributed by atoms with Gasteiger partial charge in [-0.05, 0) is 11.7 Å². The quantitative estimate of drug-likeness (QED) is 0.685. The van der Waals surface area contributed by atoms with Crippen LogP contribution in [0.4, 0.5) is 0 Å². The van der Waals surface area contributed by atoms with Crippen LogP contribution >= 0.6 is 11.8 Å². The molecule has 0 aromatic rings. The minimum atomic E-state index is -0.557. The predicted octanol–water partition coefficient (Wildman–Crippen LogP) is 0.0494. The first-order valence-electron chi connectivity index (χ1n) is 5.23. The Balaban J connectivity index is 2.33. The molecule has 6 heteroatoms. The molecule has 1 saturated heterocycles. The molecular formula is C10H16N2O3S. The van der Waals surface area contributed by atoms with Gasteiger partial charge in [0.2, 0.25) is 17.7 Å². The molecule has 1 rings (SSSR count). The number of carbonyl (C=O) groups is 3. The van der Waals surface area contributed by atoms with E-state index in [1.807, 2.05) is 13.8 Å². The van der Waals surface area contributed by atoms with Crippen LogP contribution in [-0.2, 0) is 14.4 Å². The topological polar surface area (TPSA) is 75.3 Å². The molecule has 0 aromatic heterocycles. The SMILES string of the molecule is CC(C)SCC(=O)NC1CCC(=O)NC1=O. The van der Waals surface area contributed by atoms with Crippen molar-refractivity contribution in [1.29, 1.82) is 0 Å². The molecule has 1 unspecified atom stereocenters. The number of piperidine rings is 1. The van der Waals surface area contributed by atoms with E-state index >= 15 is 0 Å². The normalized spacial score (nSPS) is 20.8. The van der Waals surface area contributed by atoms with Crippen LogP contribution in [0.5, 0.6) is 0 Å². The monoisotopic (exact) mass is 244 g/mol. The zero-order valence-electron chi connectivity index (χ0n) is 9.41. The van der Waals surface area contributed by atoms with E-state index in [-0.39, 0.29) is 18.2 Å². The van der Waals surface area contributed by atoms with Crippen molar-refractivity contribution < 1.29 is 14.4 Å². The van der Waals surface area contributed by atoms with Gasteiger partial charge in [-0.1, -0.05) is 13.8 Å². The van der Waals surface area contributed by atoms with Crippen molar-refractivity contribution in [2.75, 3.05) is 5.75 Å². The fraction of sp³-hybridized carbons (Fsp3) is 0.700. The van der Waals surface area contributed by atoms with E-state index in [1.54, 1.807) is 0 Å². The highest BCUT2D eigenvalue weighted by molar-refractivity contribution is 8.00. The Labute approximate surface area is 98.7 Å². The molecule has 0 aliphatic carbocycles. The molecule has 1 aliphatic rings. The summed E-state index contributed by atoms with van der Waals surface area (Å²) in [7, 11) is 0. The van der Waals surface area contributed by atoms with Gasteiger partial charge >= 0.3 is 0 Å². The third-order valence-electron chi connectivity index (χ3n) is 2.12. The number of thioether (sulfide) groups is 1. The van der Waals surface area contributed by atoms with Gasteiger partial charge in [-0.2, -0.15) is 0 Å². The molecule has 5 nitrogen and oxygen atoms in total. The van der Waals surface area contributed by atoms with Gasteiger partial charge in [-0.3, -0.25) is 19.7 Å². The Kier molecular flexibility index (Phi) is 4.79. The first-order chi connectivity index (χ1) is 7.49. The lowest BCUT2D eigenvalue weighted by Gasteiger charge is -2.21. The molecule has 0 aromatic carbocycles. The smallest absolute Gasteiger partial charge is 0.249 e. The van der Waals surface area contributed by atoms with Crippen LogP contribution in [-0.4, -0.2) is 34.8 Å². The molecule has 3 amide bonds. The summed E-state index contributed by atoms with van der Waals surface area (Å²) in [5.41, 5.74) is 0. The highest BCUT2D eigenvalue weighted by Crippen LogP contribution is 2.09. The van der Waals surface area contributed by atoms with Crippen molar-refractivity contribution in [1.82, 2.24) is 10.6 Å². The van der Waals surface area contributed by atoms with Gasteiger partial charge in [0.25, 0.3) is 0 Å². The Morgan fingerprint density at radius 3 is 2.81 bits per heavy atom. The Morgan fingerprint density at radius 1 is 1.56 bits per heavy atom. The molecule has 1 aliphatic heterocycles. The largest absolute Gasteiger partial charge is 0.344 e. The molecule has 1 atom stereocenters. The number of rotatable bonds is 4. The van der Waals surface area contributed by atoms with Crippen molar-refractivity contribution in [3.8, 4) is 0 Å². The summed E-state index contributed by atoms with van der Waals surface area (Å²) < 4.78 is 0. The van der Waals surface area contributed by atoms with E-state index < -0.39 is 11.9 Å². The van der Waals surface area contributed by atoms with Crippen molar-refractivity contribution in [2.24, 2.45) is 0 Å². The van der Waals surface area contributed by atoms with Crippen LogP contribution in [0.15, 0.2) is 0 Å². The number of imide groups is 1. The van der Waals surface area contributed by atoms with Crippen LogP contribution in [0, 0.1) is 0 Å². The van der Waals surface area contributed by atoms with Gasteiger partial charge < -0.3 is 5.32 Å². The third-order valence-corrected chi connectivity index (χ3v) is 3.22. The van der Waals surface area contributed by atoms with Gasteiger partial charge in [0.05, 0.1) is 5.75 Å². The first-order valence-corrected chi connectivity index (χ1v) is 6.28. The van der Waals surface area contributed by atoms with Gasteiger partial charge in [0.15, 0.2) is 0 Å². The molecule has 0 bridgehead atoms. The molecule has 90 valence electrons. The van der Waals surface area contributed by atoms with Crippen LogP contribution in [0.1, 0.15) is 26.7 Å². The van der Waals surface area contributed by atoms with Crippen LogP contribution in [0.2, 0.25) is 0 Å². The zero-order chi connectivity index (χ0) is 12.1. The van der Waals surface area contributed by atoms with E-state index in [0.717, 1.165) is 0 Å². The second-order valence-electron chi connectivity index (χ2n) is 3.93. The molecule has 0 spiro atoms. The van der Waals surface area contributed by atoms with Gasteiger partial charge in [-0.15, -0.1) is 11.8 Å². The molecule has 1 heterocycles. The zero-order valence-corrected chi connectivity index (χ0v) is 10.2. The van der Waals surface area contributed by atoms with Gasteiger partial charge in [0.1, 0.15) is 6.04 Å². The summed E-state index contributed by atoms with van der Waals surface area (Å²) >= 11 is 1.52. The fourth-order valence-corrected chi connectivity index (χ4v) is 1.88. The van der Waals surface area contributed by atoms with E-state index in [9.17, 15) is 14.4 Å². The molecular weight excluding hydrogens is 228 g/mol. The number of nitrogens with one attached hydrogen (secondary N) is 2. The van der Waals surface area contributed by atoms with Crippen molar-refractivity contribution in [2.45, 2.75) is 38.0 Å². The van der Waals surface area contributed by atoms with Gasteiger partial charge in [-0.25, -0.2) is 0 Å².